The predicted molar refractivity (Wildman–Crippen MR) is 132 cm³/mol. The highest BCUT2D eigenvalue weighted by molar-refractivity contribution is 9.10. The maximum Gasteiger partial charge on any atom is 0.136 e. The first-order valence-corrected chi connectivity index (χ1v) is 11.2. The van der Waals surface area contributed by atoms with Crippen LogP contribution in [-0.4, -0.2) is 9.97 Å². The molecule has 0 spiro atoms. The second-order valence-electron chi connectivity index (χ2n) is 7.60. The molecule has 0 N–H and O–H groups in total. The van der Waals surface area contributed by atoms with E-state index in [-0.39, 0.29) is 5.92 Å². The number of benzene rings is 3. The van der Waals surface area contributed by atoms with Crippen molar-refractivity contribution in [1.29, 1.82) is 0 Å². The third-order valence-electron chi connectivity index (χ3n) is 5.48. The summed E-state index contributed by atoms with van der Waals surface area (Å²) in [4.78, 5) is 9.90. The molecule has 0 amide bonds. The second-order valence-corrected chi connectivity index (χ2v) is 8.52. The molecule has 0 saturated carbocycles. The van der Waals surface area contributed by atoms with Crippen LogP contribution in [0.2, 0.25) is 0 Å². The molecule has 2 nitrogen and oxygen atoms in total. The van der Waals surface area contributed by atoms with E-state index in [4.69, 9.17) is 9.97 Å². The van der Waals surface area contributed by atoms with Gasteiger partial charge in [0.1, 0.15) is 5.82 Å². The van der Waals surface area contributed by atoms with E-state index in [1.165, 1.54) is 11.1 Å². The first kappa shape index (κ1) is 19.7. The molecule has 31 heavy (non-hydrogen) atoms. The van der Waals surface area contributed by atoms with E-state index in [0.29, 0.717) is 0 Å². The summed E-state index contributed by atoms with van der Waals surface area (Å²) in [5, 5.41) is 0. The van der Waals surface area contributed by atoms with Crippen LogP contribution in [0.1, 0.15) is 18.2 Å². The number of rotatable bonds is 4. The van der Waals surface area contributed by atoms with Crippen molar-refractivity contribution < 1.29 is 0 Å². The minimum absolute atomic E-state index is 0.197. The molecule has 0 bridgehead atoms. The van der Waals surface area contributed by atoms with Gasteiger partial charge in [-0.1, -0.05) is 107 Å². The lowest BCUT2D eigenvalue weighted by atomic mass is 9.98. The van der Waals surface area contributed by atoms with E-state index in [1.807, 2.05) is 6.07 Å². The zero-order chi connectivity index (χ0) is 21.0. The first-order valence-electron chi connectivity index (χ1n) is 10.4. The topological polar surface area (TPSA) is 25.8 Å². The highest BCUT2D eigenvalue weighted by Crippen LogP contribution is 2.30. The van der Waals surface area contributed by atoms with Crippen LogP contribution in [-0.2, 0) is 0 Å². The van der Waals surface area contributed by atoms with E-state index in [1.54, 1.807) is 0 Å². The number of halogens is 1. The van der Waals surface area contributed by atoms with Crippen LogP contribution in [0.4, 0.5) is 0 Å². The lowest BCUT2D eigenvalue weighted by Gasteiger charge is -2.15. The van der Waals surface area contributed by atoms with E-state index >= 15 is 0 Å². The molecule has 3 aromatic carbocycles. The van der Waals surface area contributed by atoms with Crippen LogP contribution < -0.4 is 0 Å². The van der Waals surface area contributed by atoms with Crippen LogP contribution in [0.5, 0.6) is 0 Å². The molecule has 4 aromatic rings. The van der Waals surface area contributed by atoms with Gasteiger partial charge in [-0.15, -0.1) is 0 Å². The number of nitrogens with zero attached hydrogens (tertiary/aromatic N) is 2. The summed E-state index contributed by atoms with van der Waals surface area (Å²) in [5.74, 6) is 1.06. The minimum atomic E-state index is 0.197. The molecule has 0 fully saturated rings. The molecular formula is C28H21BrN2. The van der Waals surface area contributed by atoms with Crippen molar-refractivity contribution in [1.82, 2.24) is 9.97 Å². The molecule has 0 radical (unpaired) electrons. The number of hydrogen-bond acceptors (Lipinski definition) is 2. The fourth-order valence-electron chi connectivity index (χ4n) is 3.78. The maximum absolute atomic E-state index is 4.97. The molecule has 1 unspecified atom stereocenters. The Hall–Kier alpha value is -3.30. The third-order valence-corrected chi connectivity index (χ3v) is 6.01. The van der Waals surface area contributed by atoms with Crippen LogP contribution >= 0.6 is 15.9 Å². The standard InChI is InChI=1S/C28H21BrN2/c29-25-17-15-23(16-18-25)27-19-26(30-28(31-27)24-9-5-2-6-10-24)22-13-11-21(12-14-22)20-7-3-1-4-8-20/h1-9,11-19,24H,10H2. The summed E-state index contributed by atoms with van der Waals surface area (Å²) < 4.78 is 1.06. The molecule has 1 atom stereocenters. The summed E-state index contributed by atoms with van der Waals surface area (Å²) >= 11 is 3.52. The third kappa shape index (κ3) is 4.42. The quantitative estimate of drug-likeness (QED) is 0.307. The number of aromatic nitrogens is 2. The monoisotopic (exact) mass is 464 g/mol. The zero-order valence-corrected chi connectivity index (χ0v) is 18.5. The molecule has 1 aliphatic carbocycles. The number of allylic oxidation sites excluding steroid dienone is 4. The van der Waals surface area contributed by atoms with Gasteiger partial charge in [-0.3, -0.25) is 0 Å². The van der Waals surface area contributed by atoms with Gasteiger partial charge in [0, 0.05) is 21.5 Å². The van der Waals surface area contributed by atoms with Crippen molar-refractivity contribution in [2.24, 2.45) is 0 Å². The highest BCUT2D eigenvalue weighted by atomic mass is 79.9. The van der Waals surface area contributed by atoms with Crippen molar-refractivity contribution in [3.63, 3.8) is 0 Å². The summed E-state index contributed by atoms with van der Waals surface area (Å²) in [6.07, 6.45) is 9.45. The van der Waals surface area contributed by atoms with Gasteiger partial charge in [0.25, 0.3) is 0 Å². The summed E-state index contributed by atoms with van der Waals surface area (Å²) in [6, 6.07) is 29.4. The van der Waals surface area contributed by atoms with Gasteiger partial charge >= 0.3 is 0 Å². The molecular weight excluding hydrogens is 444 g/mol. The summed E-state index contributed by atoms with van der Waals surface area (Å²) in [7, 11) is 0. The molecule has 150 valence electrons. The van der Waals surface area contributed by atoms with Gasteiger partial charge in [0.05, 0.1) is 11.4 Å². The van der Waals surface area contributed by atoms with Gasteiger partial charge in [0.2, 0.25) is 0 Å². The fraction of sp³-hybridized carbons (Fsp3) is 0.0714. The lowest BCUT2D eigenvalue weighted by Crippen LogP contribution is -2.05. The van der Waals surface area contributed by atoms with Crippen molar-refractivity contribution in [2.75, 3.05) is 0 Å². The lowest BCUT2D eigenvalue weighted by molar-refractivity contribution is 0.775. The predicted octanol–water partition coefficient (Wildman–Crippen LogP) is 7.84. The normalized spacial score (nSPS) is 15.2. The Kier molecular flexibility index (Phi) is 5.59. The first-order chi connectivity index (χ1) is 15.3. The SMILES string of the molecule is Brc1ccc(-c2cc(-c3ccc(-c4ccccc4)cc3)nc(C3C=CC=CC3)n2)cc1. The molecule has 5 rings (SSSR count). The van der Waals surface area contributed by atoms with E-state index in [0.717, 1.165) is 39.2 Å². The number of hydrogen-bond donors (Lipinski definition) is 0. The Bertz CT molecular complexity index is 1240. The molecule has 0 saturated heterocycles. The molecule has 1 aliphatic rings. The minimum Gasteiger partial charge on any atom is -0.232 e. The Morgan fingerprint density at radius 2 is 1.23 bits per heavy atom. The van der Waals surface area contributed by atoms with Gasteiger partial charge in [-0.2, -0.15) is 0 Å². The van der Waals surface area contributed by atoms with Crippen molar-refractivity contribution in [3.8, 4) is 33.6 Å². The van der Waals surface area contributed by atoms with Crippen LogP contribution in [0.25, 0.3) is 33.6 Å². The van der Waals surface area contributed by atoms with E-state index in [9.17, 15) is 0 Å². The Morgan fingerprint density at radius 3 is 1.84 bits per heavy atom. The van der Waals surface area contributed by atoms with Gasteiger partial charge in [0.15, 0.2) is 0 Å². The second kappa shape index (κ2) is 8.83. The van der Waals surface area contributed by atoms with Crippen LogP contribution in [0, 0.1) is 0 Å². The fourth-order valence-corrected chi connectivity index (χ4v) is 4.05. The van der Waals surface area contributed by atoms with Gasteiger partial charge < -0.3 is 0 Å². The van der Waals surface area contributed by atoms with E-state index in [2.05, 4.69) is 119 Å². The zero-order valence-electron chi connectivity index (χ0n) is 16.9. The molecule has 1 aromatic heterocycles. The Morgan fingerprint density at radius 1 is 0.645 bits per heavy atom. The largest absolute Gasteiger partial charge is 0.232 e. The van der Waals surface area contributed by atoms with Gasteiger partial charge in [-0.05, 0) is 35.7 Å². The molecule has 0 aliphatic heterocycles. The Labute approximate surface area is 191 Å². The van der Waals surface area contributed by atoms with Gasteiger partial charge in [-0.25, -0.2) is 9.97 Å². The Balaban J connectivity index is 1.57. The summed E-state index contributed by atoms with van der Waals surface area (Å²) in [6.45, 7) is 0. The van der Waals surface area contributed by atoms with Crippen molar-refractivity contribution in [3.05, 3.63) is 120 Å². The average molecular weight is 465 g/mol. The summed E-state index contributed by atoms with van der Waals surface area (Å²) in [5.41, 5.74) is 6.49. The van der Waals surface area contributed by atoms with E-state index < -0.39 is 0 Å². The van der Waals surface area contributed by atoms with Crippen LogP contribution in [0.3, 0.4) is 0 Å². The van der Waals surface area contributed by atoms with Crippen molar-refractivity contribution in [2.45, 2.75) is 12.3 Å². The molecule has 3 heteroatoms. The maximum atomic E-state index is 4.97. The van der Waals surface area contributed by atoms with Crippen LogP contribution in [0.15, 0.2) is 114 Å². The highest BCUT2D eigenvalue weighted by Gasteiger charge is 2.16. The smallest absolute Gasteiger partial charge is 0.136 e. The molecule has 1 heterocycles. The van der Waals surface area contributed by atoms with Crippen molar-refractivity contribution >= 4 is 15.9 Å². The average Bonchev–Trinajstić information content (AvgIpc) is 2.85.